The van der Waals surface area contributed by atoms with Crippen molar-refractivity contribution in [1.82, 2.24) is 10.2 Å². The molecule has 0 aliphatic rings. The standard InChI is InChI=1S/C21H16N4O3S/c1-27-18-11-14(8-9-17(18)28-21(26)19-7-4-10-29-19)12-22-24-20-16-6-3-2-5-15(16)13-23-25-20/h2-13H,1H3,(H,24,25)/b22-12-. The smallest absolute Gasteiger partial charge is 0.353 e. The molecule has 7 nitrogen and oxygen atoms in total. The van der Waals surface area contributed by atoms with E-state index in [4.69, 9.17) is 9.47 Å². The molecule has 0 fully saturated rings. The third kappa shape index (κ3) is 4.22. The summed E-state index contributed by atoms with van der Waals surface area (Å²) < 4.78 is 10.8. The summed E-state index contributed by atoms with van der Waals surface area (Å²) in [4.78, 5) is 12.7. The maximum absolute atomic E-state index is 12.1. The van der Waals surface area contributed by atoms with Gasteiger partial charge in [-0.3, -0.25) is 5.43 Å². The number of hydrogen-bond acceptors (Lipinski definition) is 8. The third-order valence-corrected chi connectivity index (χ3v) is 4.92. The molecule has 0 saturated heterocycles. The number of anilines is 1. The molecule has 2 heterocycles. The first kappa shape index (κ1) is 18.6. The molecule has 8 heteroatoms. The summed E-state index contributed by atoms with van der Waals surface area (Å²) in [6.07, 6.45) is 3.32. The molecule has 0 radical (unpaired) electrons. The Balaban J connectivity index is 1.49. The maximum Gasteiger partial charge on any atom is 0.353 e. The fourth-order valence-electron chi connectivity index (χ4n) is 2.67. The minimum absolute atomic E-state index is 0.343. The summed E-state index contributed by atoms with van der Waals surface area (Å²) in [6, 6.07) is 16.5. The Hall–Kier alpha value is -3.78. The molecule has 4 aromatic rings. The van der Waals surface area contributed by atoms with Crippen molar-refractivity contribution in [3.63, 3.8) is 0 Å². The fourth-order valence-corrected chi connectivity index (χ4v) is 3.27. The topological polar surface area (TPSA) is 85.7 Å². The number of aromatic nitrogens is 2. The molecule has 0 aliphatic carbocycles. The van der Waals surface area contributed by atoms with Crippen molar-refractivity contribution in [3.05, 3.63) is 76.6 Å². The van der Waals surface area contributed by atoms with E-state index >= 15 is 0 Å². The summed E-state index contributed by atoms with van der Waals surface area (Å²) in [5, 5.41) is 16.0. The normalized spacial score (nSPS) is 10.9. The van der Waals surface area contributed by atoms with E-state index in [0.717, 1.165) is 16.3 Å². The van der Waals surface area contributed by atoms with Crippen LogP contribution < -0.4 is 14.9 Å². The van der Waals surface area contributed by atoms with E-state index in [-0.39, 0.29) is 0 Å². The average molecular weight is 404 g/mol. The number of thiophene rings is 1. The van der Waals surface area contributed by atoms with Gasteiger partial charge in [-0.25, -0.2) is 4.79 Å². The number of carbonyl (C=O) groups is 1. The van der Waals surface area contributed by atoms with Gasteiger partial charge < -0.3 is 9.47 Å². The highest BCUT2D eigenvalue weighted by Gasteiger charge is 2.13. The van der Waals surface area contributed by atoms with Crippen LogP contribution in [0.15, 0.2) is 71.3 Å². The zero-order valence-corrected chi connectivity index (χ0v) is 16.2. The maximum atomic E-state index is 12.1. The van der Waals surface area contributed by atoms with Gasteiger partial charge in [0.05, 0.1) is 19.5 Å². The zero-order valence-electron chi connectivity index (χ0n) is 15.4. The lowest BCUT2D eigenvalue weighted by atomic mass is 10.2. The summed E-state index contributed by atoms with van der Waals surface area (Å²) in [5.41, 5.74) is 3.67. The van der Waals surface area contributed by atoms with Crippen LogP contribution in [0.4, 0.5) is 5.82 Å². The van der Waals surface area contributed by atoms with Crippen molar-refractivity contribution in [3.8, 4) is 11.5 Å². The first-order chi connectivity index (χ1) is 14.2. The number of nitrogens with zero attached hydrogens (tertiary/aromatic N) is 3. The highest BCUT2D eigenvalue weighted by molar-refractivity contribution is 7.12. The van der Waals surface area contributed by atoms with Crippen molar-refractivity contribution >= 4 is 40.1 Å². The summed E-state index contributed by atoms with van der Waals surface area (Å²) >= 11 is 1.32. The Morgan fingerprint density at radius 2 is 2.03 bits per heavy atom. The van der Waals surface area contributed by atoms with E-state index < -0.39 is 5.97 Å². The highest BCUT2D eigenvalue weighted by atomic mass is 32.1. The molecular weight excluding hydrogens is 388 g/mol. The lowest BCUT2D eigenvalue weighted by molar-refractivity contribution is 0.0735. The summed E-state index contributed by atoms with van der Waals surface area (Å²) in [6.45, 7) is 0. The van der Waals surface area contributed by atoms with E-state index in [1.165, 1.54) is 18.4 Å². The van der Waals surface area contributed by atoms with Crippen LogP contribution in [0.25, 0.3) is 10.8 Å². The van der Waals surface area contributed by atoms with E-state index in [1.807, 2.05) is 29.6 Å². The fraction of sp³-hybridized carbons (Fsp3) is 0.0476. The van der Waals surface area contributed by atoms with Crippen LogP contribution in [0.1, 0.15) is 15.2 Å². The molecule has 29 heavy (non-hydrogen) atoms. The average Bonchev–Trinajstić information content (AvgIpc) is 3.30. The molecule has 0 spiro atoms. The minimum Gasteiger partial charge on any atom is -0.493 e. The molecule has 2 aromatic heterocycles. The van der Waals surface area contributed by atoms with E-state index in [9.17, 15) is 4.79 Å². The van der Waals surface area contributed by atoms with Crippen molar-refractivity contribution in [2.45, 2.75) is 0 Å². The van der Waals surface area contributed by atoms with Gasteiger partial charge in [-0.15, -0.1) is 16.4 Å². The second-order valence-corrected chi connectivity index (χ2v) is 6.88. The molecule has 1 N–H and O–H groups in total. The molecular formula is C21H16N4O3S. The van der Waals surface area contributed by atoms with Crippen LogP contribution in [0.3, 0.4) is 0 Å². The highest BCUT2D eigenvalue weighted by Crippen LogP contribution is 2.29. The second kappa shape index (κ2) is 8.49. The van der Waals surface area contributed by atoms with Gasteiger partial charge in [0, 0.05) is 10.8 Å². The van der Waals surface area contributed by atoms with Crippen molar-refractivity contribution < 1.29 is 14.3 Å². The van der Waals surface area contributed by atoms with Crippen LogP contribution in [0.5, 0.6) is 11.5 Å². The van der Waals surface area contributed by atoms with Gasteiger partial charge in [0.1, 0.15) is 4.88 Å². The summed E-state index contributed by atoms with van der Waals surface area (Å²) in [5.74, 6) is 0.920. The molecule has 0 bridgehead atoms. The SMILES string of the molecule is COc1cc(/C=N\Nc2nncc3ccccc23)ccc1OC(=O)c1cccs1. The zero-order chi connectivity index (χ0) is 20.1. The number of rotatable bonds is 6. The number of methoxy groups -OCH3 is 1. The summed E-state index contributed by atoms with van der Waals surface area (Å²) in [7, 11) is 1.52. The van der Waals surface area contributed by atoms with Crippen LogP contribution >= 0.6 is 11.3 Å². The number of fused-ring (bicyclic) bond motifs is 1. The number of benzene rings is 2. The van der Waals surface area contributed by atoms with Gasteiger partial charge in [0.25, 0.3) is 0 Å². The monoisotopic (exact) mass is 404 g/mol. The van der Waals surface area contributed by atoms with Crippen LogP contribution in [-0.2, 0) is 0 Å². The van der Waals surface area contributed by atoms with E-state index in [0.29, 0.717) is 22.2 Å². The molecule has 0 aliphatic heterocycles. The van der Waals surface area contributed by atoms with Gasteiger partial charge >= 0.3 is 5.97 Å². The van der Waals surface area contributed by atoms with Gasteiger partial charge in [0.15, 0.2) is 17.3 Å². The van der Waals surface area contributed by atoms with Gasteiger partial charge in [0.2, 0.25) is 0 Å². The quantitative estimate of drug-likeness (QED) is 0.222. The predicted octanol–water partition coefficient (Wildman–Crippen LogP) is 4.37. The van der Waals surface area contributed by atoms with Gasteiger partial charge in [-0.05, 0) is 35.2 Å². The first-order valence-electron chi connectivity index (χ1n) is 8.68. The number of esters is 1. The van der Waals surface area contributed by atoms with Crippen molar-refractivity contribution in [2.75, 3.05) is 12.5 Å². The minimum atomic E-state index is -0.420. The number of hydrogen-bond donors (Lipinski definition) is 1. The van der Waals surface area contributed by atoms with E-state index in [1.54, 1.807) is 42.7 Å². The Morgan fingerprint density at radius 1 is 1.14 bits per heavy atom. The number of carbonyl (C=O) groups excluding carboxylic acids is 1. The van der Waals surface area contributed by atoms with Crippen molar-refractivity contribution in [2.24, 2.45) is 5.10 Å². The molecule has 0 unspecified atom stereocenters. The van der Waals surface area contributed by atoms with Crippen molar-refractivity contribution in [1.29, 1.82) is 0 Å². The van der Waals surface area contributed by atoms with E-state index in [2.05, 4.69) is 20.7 Å². The number of ether oxygens (including phenoxy) is 2. The Morgan fingerprint density at radius 3 is 2.86 bits per heavy atom. The Labute approximate surface area is 170 Å². The third-order valence-electron chi connectivity index (χ3n) is 4.07. The lowest BCUT2D eigenvalue weighted by Gasteiger charge is -2.09. The van der Waals surface area contributed by atoms with Gasteiger partial charge in [-0.1, -0.05) is 30.3 Å². The second-order valence-electron chi connectivity index (χ2n) is 5.93. The largest absolute Gasteiger partial charge is 0.493 e. The van der Waals surface area contributed by atoms with Crippen LogP contribution in [-0.4, -0.2) is 29.5 Å². The Kier molecular flexibility index (Phi) is 5.44. The first-order valence-corrected chi connectivity index (χ1v) is 9.56. The predicted molar refractivity (Wildman–Crippen MR) is 113 cm³/mol. The molecule has 0 saturated carbocycles. The Bertz CT molecular complexity index is 1170. The molecule has 0 atom stereocenters. The van der Waals surface area contributed by atoms with Gasteiger partial charge in [-0.2, -0.15) is 10.2 Å². The van der Waals surface area contributed by atoms with Crippen LogP contribution in [0, 0.1) is 0 Å². The molecule has 144 valence electrons. The number of hydrazone groups is 1. The molecule has 4 rings (SSSR count). The number of nitrogens with one attached hydrogen (secondary N) is 1. The molecule has 0 amide bonds. The van der Waals surface area contributed by atoms with Crippen LogP contribution in [0.2, 0.25) is 0 Å². The lowest BCUT2D eigenvalue weighted by Crippen LogP contribution is -2.07. The molecule has 2 aromatic carbocycles.